The maximum Gasteiger partial charge on any atom is 2.00 e. The number of benzene rings is 8. The zero-order valence-corrected chi connectivity index (χ0v) is 48.4. The average molecular weight is 1210 g/mol. The van der Waals surface area contributed by atoms with Gasteiger partial charge in [-0.05, 0) is 126 Å². The molecule has 11 rings (SSSR count). The Morgan fingerprint density at radius 1 is 0.551 bits per heavy atom. The van der Waals surface area contributed by atoms with E-state index in [9.17, 15) is 0 Å². The summed E-state index contributed by atoms with van der Waals surface area (Å²) in [6.45, 7) is 24.4. The molecule has 8 aromatic carbocycles. The van der Waals surface area contributed by atoms with Gasteiger partial charge in [0.1, 0.15) is 23.1 Å². The van der Waals surface area contributed by atoms with E-state index < -0.39 is 11.6 Å². The molecule has 0 unspecified atom stereocenters. The van der Waals surface area contributed by atoms with E-state index in [1.165, 1.54) is 39.9 Å². The van der Waals surface area contributed by atoms with Crippen LogP contribution in [0.1, 0.15) is 128 Å². The second-order valence-electron chi connectivity index (χ2n) is 22.7. The van der Waals surface area contributed by atoms with Gasteiger partial charge in [-0.15, -0.1) is 29.1 Å². The molecule has 8 heteroatoms. The zero-order chi connectivity index (χ0) is 54.0. The fourth-order valence-corrected chi connectivity index (χ4v) is 10.9. The Kier molecular flexibility index (Phi) is 14.7. The average Bonchev–Trinajstić information content (AvgIpc) is 3.95. The minimum Gasteiger partial charge on any atom is -0.509 e. The van der Waals surface area contributed by atoms with Gasteiger partial charge >= 0.3 is 27.1 Å². The minimum absolute atomic E-state index is 0. The third-order valence-electron chi connectivity index (χ3n) is 15.0. The molecule has 78 heavy (non-hydrogen) atoms. The standard InChI is InChI=1S/C70H64F2N4O.Pt/c1-42(2)46-30-47(43(3)4)32-48(31-46)59-21-17-22-60(49-33-52(71)38-53(72)34-49)69(59)75-41-74(64-24-14-15-25-65(64)75)54-35-50(68-57(44(5)6)19-16-20-58(68)45(7)8)36-56(39-54)77-55-26-27-62-61-18-12-13-23-63(61)76(66(62)40-55)67-37-51(28-29-73-67)70(9,10)11;/h12-38,42-45H,1-11H3;/q;+2. The molecule has 3 heterocycles. The molecule has 0 amide bonds. The summed E-state index contributed by atoms with van der Waals surface area (Å²) in [5.74, 6) is 1.50. The summed E-state index contributed by atoms with van der Waals surface area (Å²) in [7, 11) is 0. The normalized spacial score (nSPS) is 12.5. The van der Waals surface area contributed by atoms with Gasteiger partial charge in [0.05, 0.1) is 11.1 Å². The first-order valence-corrected chi connectivity index (χ1v) is 26.9. The van der Waals surface area contributed by atoms with Crippen molar-refractivity contribution >= 4 is 50.6 Å². The number of para-hydroxylation sites is 4. The predicted octanol–water partition coefficient (Wildman–Crippen LogP) is 19.5. The number of pyridine rings is 1. The number of rotatable bonds is 12. The van der Waals surface area contributed by atoms with E-state index >= 15 is 8.78 Å². The van der Waals surface area contributed by atoms with Crippen LogP contribution >= 0.6 is 0 Å². The maximum atomic E-state index is 15.4. The predicted molar refractivity (Wildman–Crippen MR) is 315 cm³/mol. The molecule has 1 aliphatic heterocycles. The Labute approximate surface area is 472 Å². The Hall–Kier alpha value is -7.56. The summed E-state index contributed by atoms with van der Waals surface area (Å²) >= 11 is 0. The zero-order valence-electron chi connectivity index (χ0n) is 46.2. The molecular weight excluding hydrogens is 1150 g/mol. The van der Waals surface area contributed by atoms with E-state index in [2.05, 4.69) is 208 Å². The number of aromatic nitrogens is 2. The van der Waals surface area contributed by atoms with Crippen molar-refractivity contribution in [2.24, 2.45) is 0 Å². The second-order valence-corrected chi connectivity index (χ2v) is 22.7. The van der Waals surface area contributed by atoms with Gasteiger partial charge in [0, 0.05) is 41.4 Å². The quantitative estimate of drug-likeness (QED) is 0.0902. The molecule has 0 atom stereocenters. The molecule has 1 aliphatic rings. The van der Waals surface area contributed by atoms with Crippen LogP contribution in [0, 0.1) is 23.8 Å². The third kappa shape index (κ3) is 10.1. The molecule has 0 aliphatic carbocycles. The SMILES string of the molecule is CC(C)c1cc(-c2cccc(-c3cc(F)cc(F)c3)c2[N+]2=C=[N+](c3[c-]c(Oc4[c-]c5c(cc4)c4ccccc4n5-c4cc(C(C)(C)C)ccn4)cc(-c4c(C(C)C)cccc4C(C)C)c3)c3ccccc32)cc(C(C)C)c1.[Pt+2]. The van der Waals surface area contributed by atoms with Crippen molar-refractivity contribution in [1.82, 2.24) is 18.7 Å². The van der Waals surface area contributed by atoms with Crippen LogP contribution in [0.2, 0.25) is 0 Å². The van der Waals surface area contributed by atoms with Crippen molar-refractivity contribution in [3.63, 3.8) is 0 Å². The topological polar surface area (TPSA) is 33.1 Å². The molecule has 0 fully saturated rings. The Morgan fingerprint density at radius 3 is 1.78 bits per heavy atom. The van der Waals surface area contributed by atoms with Crippen molar-refractivity contribution in [1.29, 1.82) is 0 Å². The Bertz CT molecular complexity index is 3970. The molecular formula is C70H64F2N4OPt+2. The van der Waals surface area contributed by atoms with Gasteiger partial charge in [0.2, 0.25) is 5.69 Å². The monoisotopic (exact) mass is 1210 g/mol. The van der Waals surface area contributed by atoms with Gasteiger partial charge in [0.25, 0.3) is 11.4 Å². The number of hydrogen-bond donors (Lipinski definition) is 0. The first kappa shape index (κ1) is 53.8. The van der Waals surface area contributed by atoms with E-state index in [-0.39, 0.29) is 50.2 Å². The summed E-state index contributed by atoms with van der Waals surface area (Å²) in [4.78, 5) is 4.92. The maximum absolute atomic E-state index is 15.4. The van der Waals surface area contributed by atoms with Crippen LogP contribution in [0.3, 0.4) is 0 Å². The van der Waals surface area contributed by atoms with Gasteiger partial charge in [-0.2, -0.15) is 6.07 Å². The molecule has 0 spiro atoms. The third-order valence-corrected chi connectivity index (χ3v) is 15.0. The Balaban J connectivity index is 0.00000688. The number of fused-ring (bicyclic) bond motifs is 4. The summed E-state index contributed by atoms with van der Waals surface area (Å²) in [6, 6.07) is 63.6. The van der Waals surface area contributed by atoms with Crippen LogP contribution in [0.25, 0.3) is 61.0 Å². The molecule has 0 N–H and O–H groups in total. The van der Waals surface area contributed by atoms with Gasteiger partial charge in [0.15, 0.2) is 0 Å². The van der Waals surface area contributed by atoms with Crippen molar-refractivity contribution < 1.29 is 34.6 Å². The van der Waals surface area contributed by atoms with Crippen LogP contribution in [-0.2, 0) is 26.5 Å². The fraction of sp³-hybridized carbons (Fsp3) is 0.229. The van der Waals surface area contributed by atoms with E-state index in [0.29, 0.717) is 28.3 Å². The van der Waals surface area contributed by atoms with Crippen LogP contribution in [-0.4, -0.2) is 15.6 Å². The molecule has 0 saturated carbocycles. The van der Waals surface area contributed by atoms with Crippen LogP contribution < -0.4 is 13.9 Å². The van der Waals surface area contributed by atoms with E-state index in [0.717, 1.165) is 73.0 Å². The Morgan fingerprint density at radius 2 is 1.15 bits per heavy atom. The van der Waals surface area contributed by atoms with Crippen molar-refractivity contribution in [2.45, 2.75) is 105 Å². The van der Waals surface area contributed by atoms with Gasteiger partial charge in [-0.3, -0.25) is 0 Å². The second kappa shape index (κ2) is 21.3. The molecule has 392 valence electrons. The number of hydrogen-bond acceptors (Lipinski definition) is 2. The summed E-state index contributed by atoms with van der Waals surface area (Å²) in [5.41, 5.74) is 16.1. The first-order chi connectivity index (χ1) is 36.9. The number of ether oxygens (including phenoxy) is 1. The molecule has 0 radical (unpaired) electrons. The fourth-order valence-electron chi connectivity index (χ4n) is 10.9. The van der Waals surface area contributed by atoms with Crippen molar-refractivity contribution in [3.8, 4) is 50.7 Å². The van der Waals surface area contributed by atoms with Gasteiger partial charge in [-0.25, -0.2) is 13.8 Å². The van der Waals surface area contributed by atoms with Crippen LogP contribution in [0.4, 0.5) is 31.5 Å². The van der Waals surface area contributed by atoms with E-state index in [4.69, 9.17) is 9.72 Å². The van der Waals surface area contributed by atoms with E-state index in [1.54, 1.807) is 0 Å². The largest absolute Gasteiger partial charge is 2.00 e. The van der Waals surface area contributed by atoms with Crippen LogP contribution in [0.5, 0.6) is 11.5 Å². The number of halogens is 2. The number of nitrogens with zero attached hydrogens (tertiary/aromatic N) is 4. The van der Waals surface area contributed by atoms with Crippen molar-refractivity contribution in [3.05, 3.63) is 216 Å². The molecule has 5 nitrogen and oxygen atoms in total. The summed E-state index contributed by atoms with van der Waals surface area (Å²) < 4.78 is 44.0. The summed E-state index contributed by atoms with van der Waals surface area (Å²) in [5, 5.41) is 2.14. The molecule has 10 aromatic rings. The molecule has 0 bridgehead atoms. The first-order valence-electron chi connectivity index (χ1n) is 26.9. The van der Waals surface area contributed by atoms with Gasteiger partial charge in [-0.1, -0.05) is 171 Å². The smallest absolute Gasteiger partial charge is 0.509 e. The van der Waals surface area contributed by atoms with Gasteiger partial charge < -0.3 is 9.30 Å². The van der Waals surface area contributed by atoms with E-state index in [1.807, 2.05) is 45.7 Å². The van der Waals surface area contributed by atoms with Crippen LogP contribution in [0.15, 0.2) is 164 Å². The van der Waals surface area contributed by atoms with Crippen molar-refractivity contribution in [2.75, 3.05) is 0 Å². The summed E-state index contributed by atoms with van der Waals surface area (Å²) in [6.07, 6.45) is 1.89. The molecule has 2 aromatic heterocycles. The minimum atomic E-state index is -0.651. The molecule has 0 saturated heterocycles.